The van der Waals surface area contributed by atoms with Gasteiger partial charge in [0.15, 0.2) is 0 Å². The lowest BCUT2D eigenvalue weighted by atomic mass is 10.3. The van der Waals surface area contributed by atoms with E-state index in [1.807, 2.05) is 6.92 Å². The van der Waals surface area contributed by atoms with Gasteiger partial charge in [0.05, 0.1) is 6.61 Å². The van der Waals surface area contributed by atoms with Crippen molar-refractivity contribution < 1.29 is 13.7 Å². The summed E-state index contributed by atoms with van der Waals surface area (Å²) >= 11 is 0. The van der Waals surface area contributed by atoms with Gasteiger partial charge in [-0.05, 0) is 13.3 Å². The van der Waals surface area contributed by atoms with Crippen LogP contribution in [-0.2, 0) is 15.5 Å². The van der Waals surface area contributed by atoms with Crippen molar-refractivity contribution in [1.29, 1.82) is 0 Å². The zero-order chi connectivity index (χ0) is 10.3. The fourth-order valence-corrected chi connectivity index (χ4v) is 1.18. The molecule has 2 unspecified atom stereocenters. The van der Waals surface area contributed by atoms with E-state index in [4.69, 9.17) is 0 Å². The van der Waals surface area contributed by atoms with Crippen molar-refractivity contribution in [2.75, 3.05) is 19.4 Å². The van der Waals surface area contributed by atoms with E-state index in [1.165, 1.54) is 0 Å². The summed E-state index contributed by atoms with van der Waals surface area (Å²) in [6, 6.07) is 0. The van der Waals surface area contributed by atoms with Gasteiger partial charge in [0.2, 0.25) is 0 Å². The molecule has 0 aromatic carbocycles. The second-order valence-corrected chi connectivity index (χ2v) is 4.55. The minimum atomic E-state index is -0.821. The molecular weight excluding hydrogens is 190 g/mol. The number of hydrogen-bond donors (Lipinski definition) is 1. The van der Waals surface area contributed by atoms with Crippen LogP contribution < -0.4 is 5.32 Å². The molecule has 0 aliphatic carbocycles. The number of nitrogens with one attached hydrogen (secondary N) is 1. The maximum absolute atomic E-state index is 10.9. The van der Waals surface area contributed by atoms with E-state index >= 15 is 0 Å². The van der Waals surface area contributed by atoms with Crippen LogP contribution in [0.15, 0.2) is 0 Å². The van der Waals surface area contributed by atoms with Gasteiger partial charge in [-0.1, -0.05) is 6.92 Å². The molecule has 2 atom stereocenters. The second-order valence-electron chi connectivity index (χ2n) is 2.75. The molecule has 0 bridgehead atoms. The zero-order valence-electron chi connectivity index (χ0n) is 8.33. The van der Waals surface area contributed by atoms with Gasteiger partial charge in [-0.25, -0.2) is 4.79 Å². The van der Waals surface area contributed by atoms with Crippen LogP contribution in [0.3, 0.4) is 0 Å². The number of carbonyl (C=O) groups excluding carboxylic acids is 1. The Kier molecular flexibility index (Phi) is 6.58. The van der Waals surface area contributed by atoms with Crippen LogP contribution in [0.5, 0.6) is 0 Å². The van der Waals surface area contributed by atoms with Crippen molar-refractivity contribution in [3.63, 3.8) is 0 Å². The summed E-state index contributed by atoms with van der Waals surface area (Å²) < 4.78 is 15.6. The molecule has 0 spiro atoms. The highest BCUT2D eigenvalue weighted by molar-refractivity contribution is 7.84. The predicted molar refractivity (Wildman–Crippen MR) is 53.2 cm³/mol. The SMILES string of the molecule is CCOC(=O)NCCC(C)S(C)=O. The number of alkyl carbamates (subject to hydrolysis) is 1. The third-order valence-corrected chi connectivity index (χ3v) is 3.03. The monoisotopic (exact) mass is 207 g/mol. The Morgan fingerprint density at radius 2 is 2.23 bits per heavy atom. The third-order valence-electron chi connectivity index (χ3n) is 1.66. The first kappa shape index (κ1) is 12.4. The minimum absolute atomic E-state index is 0.113. The standard InChI is InChI=1S/C8H17NO3S/c1-4-12-8(10)9-6-5-7(2)13(3)11/h7H,4-6H2,1-3H3,(H,9,10). The van der Waals surface area contributed by atoms with Crippen molar-refractivity contribution in [2.24, 2.45) is 0 Å². The van der Waals surface area contributed by atoms with Crippen LogP contribution >= 0.6 is 0 Å². The molecule has 0 aliphatic heterocycles. The molecule has 78 valence electrons. The maximum Gasteiger partial charge on any atom is 0.407 e. The van der Waals surface area contributed by atoms with Crippen LogP contribution in [0.4, 0.5) is 4.79 Å². The molecule has 0 radical (unpaired) electrons. The lowest BCUT2D eigenvalue weighted by Gasteiger charge is -2.08. The van der Waals surface area contributed by atoms with E-state index in [0.717, 1.165) is 0 Å². The molecule has 13 heavy (non-hydrogen) atoms. The summed E-state index contributed by atoms with van der Waals surface area (Å²) in [5, 5.41) is 2.69. The van der Waals surface area contributed by atoms with Gasteiger partial charge in [0.1, 0.15) is 0 Å². The number of hydrogen-bond acceptors (Lipinski definition) is 3. The Morgan fingerprint density at radius 1 is 1.62 bits per heavy atom. The van der Waals surface area contributed by atoms with E-state index in [2.05, 4.69) is 10.1 Å². The van der Waals surface area contributed by atoms with E-state index < -0.39 is 16.9 Å². The quantitative estimate of drug-likeness (QED) is 0.728. The first-order valence-corrected chi connectivity index (χ1v) is 5.93. The molecule has 0 aromatic heterocycles. The van der Waals surface area contributed by atoms with E-state index in [0.29, 0.717) is 19.6 Å². The van der Waals surface area contributed by atoms with Crippen molar-refractivity contribution >= 4 is 16.9 Å². The minimum Gasteiger partial charge on any atom is -0.450 e. The summed E-state index contributed by atoms with van der Waals surface area (Å²) in [6.45, 7) is 4.53. The molecule has 0 aliphatic rings. The van der Waals surface area contributed by atoms with Crippen molar-refractivity contribution in [2.45, 2.75) is 25.5 Å². The van der Waals surface area contributed by atoms with Crippen LogP contribution in [0.1, 0.15) is 20.3 Å². The highest BCUT2D eigenvalue weighted by atomic mass is 32.2. The Labute approximate surface area is 81.5 Å². The molecule has 0 saturated heterocycles. The fourth-order valence-electron chi connectivity index (χ4n) is 0.726. The molecular formula is C8H17NO3S. The normalized spacial score (nSPS) is 14.7. The van der Waals surface area contributed by atoms with Crippen LogP contribution in [0.25, 0.3) is 0 Å². The first-order valence-electron chi connectivity index (χ1n) is 4.30. The highest BCUT2D eigenvalue weighted by Crippen LogP contribution is 1.97. The van der Waals surface area contributed by atoms with Gasteiger partial charge in [0.25, 0.3) is 0 Å². The van der Waals surface area contributed by atoms with Gasteiger partial charge in [-0.15, -0.1) is 0 Å². The first-order chi connectivity index (χ1) is 6.07. The number of amides is 1. The lowest BCUT2D eigenvalue weighted by molar-refractivity contribution is 0.152. The molecule has 0 saturated carbocycles. The number of rotatable bonds is 5. The number of ether oxygens (including phenoxy) is 1. The zero-order valence-corrected chi connectivity index (χ0v) is 9.15. The predicted octanol–water partition coefficient (Wildman–Crippen LogP) is 0.890. The Bertz CT molecular complexity index is 184. The van der Waals surface area contributed by atoms with Gasteiger partial charge in [-0.3, -0.25) is 4.21 Å². The molecule has 4 nitrogen and oxygen atoms in total. The Hall–Kier alpha value is -0.580. The molecule has 5 heteroatoms. The van der Waals surface area contributed by atoms with Crippen molar-refractivity contribution in [3.8, 4) is 0 Å². The second kappa shape index (κ2) is 6.88. The summed E-state index contributed by atoms with van der Waals surface area (Å²) in [4.78, 5) is 10.8. The molecule has 0 rings (SSSR count). The van der Waals surface area contributed by atoms with Crippen LogP contribution in [0, 0.1) is 0 Å². The van der Waals surface area contributed by atoms with Gasteiger partial charge >= 0.3 is 6.09 Å². The summed E-state index contributed by atoms with van der Waals surface area (Å²) in [7, 11) is -0.821. The average Bonchev–Trinajstić information content (AvgIpc) is 2.04. The van der Waals surface area contributed by atoms with E-state index in [9.17, 15) is 9.00 Å². The topological polar surface area (TPSA) is 55.4 Å². The molecule has 0 aromatic rings. The van der Waals surface area contributed by atoms with Crippen LogP contribution in [0.2, 0.25) is 0 Å². The molecule has 0 heterocycles. The summed E-state index contributed by atoms with van der Waals surface area (Å²) in [5.41, 5.74) is 0. The summed E-state index contributed by atoms with van der Waals surface area (Å²) in [5.74, 6) is 0. The van der Waals surface area contributed by atoms with E-state index in [1.54, 1.807) is 13.2 Å². The third kappa shape index (κ3) is 6.57. The van der Waals surface area contributed by atoms with Gasteiger partial charge in [-0.2, -0.15) is 0 Å². The lowest BCUT2D eigenvalue weighted by Crippen LogP contribution is -2.28. The largest absolute Gasteiger partial charge is 0.450 e. The Balaban J connectivity index is 3.44. The van der Waals surface area contributed by atoms with Crippen molar-refractivity contribution in [1.82, 2.24) is 5.32 Å². The fraction of sp³-hybridized carbons (Fsp3) is 0.875. The highest BCUT2D eigenvalue weighted by Gasteiger charge is 2.06. The van der Waals surface area contributed by atoms with Gasteiger partial charge < -0.3 is 10.1 Å². The average molecular weight is 207 g/mol. The molecule has 0 fully saturated rings. The maximum atomic E-state index is 10.9. The van der Waals surface area contributed by atoms with Crippen molar-refractivity contribution in [3.05, 3.63) is 0 Å². The Morgan fingerprint density at radius 3 is 2.69 bits per heavy atom. The van der Waals surface area contributed by atoms with Crippen LogP contribution in [-0.4, -0.2) is 35.0 Å². The smallest absolute Gasteiger partial charge is 0.407 e. The molecule has 1 N–H and O–H groups in total. The summed E-state index contributed by atoms with van der Waals surface area (Å²) in [6.07, 6.45) is 1.97. The molecule has 1 amide bonds. The van der Waals surface area contributed by atoms with Gasteiger partial charge in [0, 0.05) is 28.9 Å². The number of carbonyl (C=O) groups is 1. The van der Waals surface area contributed by atoms with E-state index in [-0.39, 0.29) is 5.25 Å².